The average molecular weight is 254 g/mol. The molecular formula is C13H16ClNO2. The van der Waals surface area contributed by atoms with Crippen molar-refractivity contribution in [2.45, 2.75) is 19.4 Å². The molecule has 0 spiro atoms. The number of piperidine rings is 1. The number of carbonyl (C=O) groups is 1. The molecule has 1 aliphatic heterocycles. The van der Waals surface area contributed by atoms with Crippen LogP contribution in [0, 0.1) is 5.92 Å². The van der Waals surface area contributed by atoms with Crippen LogP contribution in [0.25, 0.3) is 0 Å². The van der Waals surface area contributed by atoms with Crippen molar-refractivity contribution in [3.63, 3.8) is 0 Å². The van der Waals surface area contributed by atoms with Gasteiger partial charge in [0.25, 0.3) is 0 Å². The van der Waals surface area contributed by atoms with Gasteiger partial charge in [0.1, 0.15) is 6.54 Å². The topological polar surface area (TPSA) is 44.6 Å². The molecule has 1 aromatic rings. The first-order chi connectivity index (χ1) is 8.15. The highest BCUT2D eigenvalue weighted by atomic mass is 35.5. The Kier molecular flexibility index (Phi) is 4.02. The van der Waals surface area contributed by atoms with E-state index in [0.29, 0.717) is 6.54 Å². The van der Waals surface area contributed by atoms with Crippen LogP contribution in [0.15, 0.2) is 24.3 Å². The van der Waals surface area contributed by atoms with Crippen LogP contribution in [0.5, 0.6) is 0 Å². The molecule has 1 saturated heterocycles. The zero-order chi connectivity index (χ0) is 12.3. The van der Waals surface area contributed by atoms with Gasteiger partial charge in [-0.2, -0.15) is 0 Å². The Morgan fingerprint density at radius 1 is 1.53 bits per heavy atom. The van der Waals surface area contributed by atoms with Crippen molar-refractivity contribution in [2.75, 3.05) is 13.1 Å². The van der Waals surface area contributed by atoms with Gasteiger partial charge >= 0.3 is 0 Å². The standard InChI is InChI=1S/C13H16ClNO2/c14-12-5-1-3-10(7-12)8-15-6-2-4-11(9-15)13(16)17/h1,3,5,7,11H,2,4,6,8-9H2,(H,16,17)/t11-/m0/s1. The number of carboxylic acids is 1. The number of hydrogen-bond acceptors (Lipinski definition) is 2. The van der Waals surface area contributed by atoms with Crippen LogP contribution in [0.4, 0.5) is 0 Å². The molecule has 1 unspecified atom stereocenters. The molecule has 1 heterocycles. The summed E-state index contributed by atoms with van der Waals surface area (Å²) in [4.78, 5) is 12.2. The predicted octanol–water partition coefficient (Wildman–Crippen LogP) is -0.115. The summed E-state index contributed by atoms with van der Waals surface area (Å²) < 4.78 is 0. The minimum absolute atomic E-state index is 0.294. The maximum Gasteiger partial charge on any atom is 0.103 e. The second kappa shape index (κ2) is 5.52. The third kappa shape index (κ3) is 3.45. The van der Waals surface area contributed by atoms with Gasteiger partial charge in [0, 0.05) is 16.5 Å². The van der Waals surface area contributed by atoms with E-state index in [1.165, 1.54) is 4.90 Å². The van der Waals surface area contributed by atoms with Crippen molar-refractivity contribution in [3.8, 4) is 0 Å². The van der Waals surface area contributed by atoms with Crippen molar-refractivity contribution in [3.05, 3.63) is 34.9 Å². The highest BCUT2D eigenvalue weighted by Crippen LogP contribution is 2.11. The third-order valence-corrected chi connectivity index (χ3v) is 3.53. The lowest BCUT2D eigenvalue weighted by molar-refractivity contribution is -0.921. The lowest BCUT2D eigenvalue weighted by Crippen LogP contribution is -3.12. The van der Waals surface area contributed by atoms with Crippen LogP contribution >= 0.6 is 11.6 Å². The van der Waals surface area contributed by atoms with E-state index < -0.39 is 5.97 Å². The van der Waals surface area contributed by atoms with Gasteiger partial charge in [0.2, 0.25) is 0 Å². The number of carbonyl (C=O) groups excluding carboxylic acids is 1. The Hall–Kier alpha value is -1.06. The number of likely N-dealkylation sites (tertiary alicyclic amines) is 1. The van der Waals surface area contributed by atoms with Crippen LogP contribution < -0.4 is 10.0 Å². The van der Waals surface area contributed by atoms with E-state index in [4.69, 9.17) is 11.6 Å². The normalized spacial score (nSPS) is 24.5. The minimum Gasteiger partial charge on any atom is -0.550 e. The van der Waals surface area contributed by atoms with Gasteiger partial charge in [-0.05, 0) is 25.0 Å². The van der Waals surface area contributed by atoms with Gasteiger partial charge in [-0.1, -0.05) is 23.7 Å². The fourth-order valence-corrected chi connectivity index (χ4v) is 2.66. The fraction of sp³-hybridized carbons (Fsp3) is 0.462. The molecule has 0 saturated carbocycles. The molecule has 92 valence electrons. The Morgan fingerprint density at radius 2 is 2.35 bits per heavy atom. The molecule has 2 atom stereocenters. The number of carboxylic acid groups (broad SMARTS) is 1. The maximum atomic E-state index is 10.9. The zero-order valence-electron chi connectivity index (χ0n) is 9.62. The molecule has 0 bridgehead atoms. The molecular weight excluding hydrogens is 238 g/mol. The summed E-state index contributed by atoms with van der Waals surface area (Å²) in [6, 6.07) is 7.75. The monoisotopic (exact) mass is 253 g/mol. The molecule has 1 N–H and O–H groups in total. The van der Waals surface area contributed by atoms with Crippen LogP contribution in [0.2, 0.25) is 5.02 Å². The highest BCUT2D eigenvalue weighted by Gasteiger charge is 2.23. The smallest absolute Gasteiger partial charge is 0.103 e. The van der Waals surface area contributed by atoms with E-state index in [2.05, 4.69) is 0 Å². The van der Waals surface area contributed by atoms with Crippen molar-refractivity contribution in [1.82, 2.24) is 0 Å². The Morgan fingerprint density at radius 3 is 3.06 bits per heavy atom. The van der Waals surface area contributed by atoms with Crippen LogP contribution in [0.1, 0.15) is 18.4 Å². The highest BCUT2D eigenvalue weighted by molar-refractivity contribution is 6.30. The molecule has 1 aliphatic rings. The van der Waals surface area contributed by atoms with Crippen LogP contribution in [0.3, 0.4) is 0 Å². The summed E-state index contributed by atoms with van der Waals surface area (Å²) in [6.07, 6.45) is 1.70. The van der Waals surface area contributed by atoms with E-state index in [1.807, 2.05) is 24.3 Å². The predicted molar refractivity (Wildman–Crippen MR) is 63.6 cm³/mol. The summed E-state index contributed by atoms with van der Waals surface area (Å²) in [7, 11) is 0. The third-order valence-electron chi connectivity index (χ3n) is 3.29. The lowest BCUT2D eigenvalue weighted by atomic mass is 9.98. The van der Waals surface area contributed by atoms with E-state index in [9.17, 15) is 9.90 Å². The number of benzene rings is 1. The number of rotatable bonds is 3. The van der Waals surface area contributed by atoms with Gasteiger partial charge in [-0.15, -0.1) is 0 Å². The second-order valence-corrected chi connectivity index (χ2v) is 5.11. The summed E-state index contributed by atoms with van der Waals surface area (Å²) >= 11 is 5.93. The Balaban J connectivity index is 1.97. The number of aliphatic carboxylic acids is 1. The van der Waals surface area contributed by atoms with Gasteiger partial charge in [-0.25, -0.2) is 0 Å². The fourth-order valence-electron chi connectivity index (χ4n) is 2.45. The van der Waals surface area contributed by atoms with Crippen LogP contribution in [-0.2, 0) is 11.3 Å². The summed E-state index contributed by atoms with van der Waals surface area (Å²) in [5.41, 5.74) is 1.16. The molecule has 2 rings (SSSR count). The summed E-state index contributed by atoms with van der Waals surface area (Å²) in [5.74, 6) is -1.20. The van der Waals surface area contributed by atoms with Gasteiger partial charge in [-0.3, -0.25) is 0 Å². The molecule has 0 radical (unpaired) electrons. The van der Waals surface area contributed by atoms with E-state index >= 15 is 0 Å². The summed E-state index contributed by atoms with van der Waals surface area (Å²) in [5, 5.41) is 11.6. The number of hydrogen-bond donors (Lipinski definition) is 1. The average Bonchev–Trinajstić information content (AvgIpc) is 2.29. The first-order valence-electron chi connectivity index (χ1n) is 5.94. The molecule has 0 aromatic heterocycles. The Bertz CT molecular complexity index is 408. The van der Waals surface area contributed by atoms with E-state index in [0.717, 1.165) is 36.5 Å². The minimum atomic E-state index is -0.909. The van der Waals surface area contributed by atoms with Crippen molar-refractivity contribution in [1.29, 1.82) is 0 Å². The first kappa shape index (κ1) is 12.4. The van der Waals surface area contributed by atoms with Gasteiger partial charge in [0.05, 0.1) is 19.1 Å². The Labute approximate surface area is 106 Å². The SMILES string of the molecule is O=C([O-])[C@H]1CCC[NH+](Cc2cccc(Cl)c2)C1. The molecule has 1 aromatic carbocycles. The van der Waals surface area contributed by atoms with Crippen LogP contribution in [-0.4, -0.2) is 19.1 Å². The van der Waals surface area contributed by atoms with E-state index in [1.54, 1.807) is 0 Å². The number of halogens is 1. The largest absolute Gasteiger partial charge is 0.550 e. The zero-order valence-corrected chi connectivity index (χ0v) is 10.4. The lowest BCUT2D eigenvalue weighted by Gasteiger charge is -2.30. The first-order valence-corrected chi connectivity index (χ1v) is 6.32. The second-order valence-electron chi connectivity index (χ2n) is 4.67. The van der Waals surface area contributed by atoms with E-state index in [-0.39, 0.29) is 5.92 Å². The molecule has 0 aliphatic carbocycles. The van der Waals surface area contributed by atoms with Gasteiger partial charge in [0.15, 0.2) is 0 Å². The molecule has 3 nitrogen and oxygen atoms in total. The van der Waals surface area contributed by atoms with Crippen molar-refractivity contribution >= 4 is 17.6 Å². The number of quaternary nitrogens is 1. The van der Waals surface area contributed by atoms with Crippen molar-refractivity contribution in [2.24, 2.45) is 5.92 Å². The quantitative estimate of drug-likeness (QED) is 0.817. The summed E-state index contributed by atoms with van der Waals surface area (Å²) in [6.45, 7) is 2.52. The maximum absolute atomic E-state index is 10.9. The molecule has 17 heavy (non-hydrogen) atoms. The molecule has 0 amide bonds. The number of nitrogens with one attached hydrogen (secondary N) is 1. The molecule has 1 fully saturated rings. The van der Waals surface area contributed by atoms with Gasteiger partial charge < -0.3 is 14.8 Å². The molecule has 4 heteroatoms. The van der Waals surface area contributed by atoms with Crippen molar-refractivity contribution < 1.29 is 14.8 Å².